The van der Waals surface area contributed by atoms with Crippen LogP contribution >= 0.6 is 0 Å². The van der Waals surface area contributed by atoms with Gasteiger partial charge in [0.15, 0.2) is 0 Å². The van der Waals surface area contributed by atoms with Crippen molar-refractivity contribution in [1.82, 2.24) is 33.4 Å². The number of rotatable bonds is 4. The summed E-state index contributed by atoms with van der Waals surface area (Å²) < 4.78 is 7.19. The molecule has 0 saturated heterocycles. The van der Waals surface area contributed by atoms with Gasteiger partial charge in [-0.15, -0.1) is 0 Å². The molecule has 0 aliphatic rings. The fourth-order valence-corrected chi connectivity index (χ4v) is 5.93. The third-order valence-electron chi connectivity index (χ3n) is 8.06. The number of hydrogen-bond donors (Lipinski definition) is 2. The van der Waals surface area contributed by atoms with E-state index in [4.69, 9.17) is 4.98 Å². The van der Waals surface area contributed by atoms with Crippen LogP contribution in [-0.4, -0.2) is 38.6 Å². The molecular weight excluding hydrogens is 514 g/mol. The molecule has 3 aromatic carbocycles. The first-order valence-electron chi connectivity index (χ1n) is 13.5. The van der Waals surface area contributed by atoms with Crippen molar-refractivity contribution in [1.29, 1.82) is 0 Å². The van der Waals surface area contributed by atoms with E-state index in [1.807, 2.05) is 49.8 Å². The Labute approximate surface area is 235 Å². The molecule has 206 valence electrons. The van der Waals surface area contributed by atoms with Crippen molar-refractivity contribution < 1.29 is 5.11 Å². The van der Waals surface area contributed by atoms with Crippen LogP contribution < -0.4 is 5.69 Å². The lowest BCUT2D eigenvalue weighted by Gasteiger charge is -2.22. The monoisotopic (exact) mass is 545 g/mol. The van der Waals surface area contributed by atoms with Gasteiger partial charge in [-0.25, -0.2) is 9.78 Å². The summed E-state index contributed by atoms with van der Waals surface area (Å²) in [6.45, 7) is 5.67. The molecule has 7 aromatic rings. The Bertz CT molecular complexity index is 2210. The van der Waals surface area contributed by atoms with Gasteiger partial charge >= 0.3 is 5.69 Å². The summed E-state index contributed by atoms with van der Waals surface area (Å²) in [4.78, 5) is 21.4. The standard InChI is InChI=1S/C32H31N7O2/c1-18-7-9-21-23(16-33-25(21)11-18)30-35-26-13-22(19-15-34-36(4)17-19)24(32(2,3)41)14-28(26)39(30)20-8-10-27-29(12-20)38(6)31(40)37(27)5/h7-17,33,41H,1-6H3. The Kier molecular flexibility index (Phi) is 5.24. The lowest BCUT2D eigenvalue weighted by Crippen LogP contribution is -2.19. The molecule has 0 aliphatic carbocycles. The van der Waals surface area contributed by atoms with Crippen molar-refractivity contribution in [3.63, 3.8) is 0 Å². The highest BCUT2D eigenvalue weighted by Crippen LogP contribution is 2.39. The van der Waals surface area contributed by atoms with Crippen molar-refractivity contribution in [2.45, 2.75) is 26.4 Å². The molecule has 0 atom stereocenters. The lowest BCUT2D eigenvalue weighted by molar-refractivity contribution is 0.0793. The number of fused-ring (bicyclic) bond motifs is 3. The SMILES string of the molecule is Cc1ccc2c(-c3nc4cc(-c5cnn(C)c5)c(C(C)(C)O)cc4n3-c3ccc4c(c3)n(C)c(=O)n4C)c[nH]c2c1. The van der Waals surface area contributed by atoms with E-state index in [0.29, 0.717) is 0 Å². The normalized spacial score (nSPS) is 12.4. The molecule has 0 aliphatic heterocycles. The van der Waals surface area contributed by atoms with Crippen molar-refractivity contribution in [2.24, 2.45) is 21.1 Å². The van der Waals surface area contributed by atoms with Gasteiger partial charge < -0.3 is 10.1 Å². The first-order chi connectivity index (χ1) is 19.5. The molecule has 0 radical (unpaired) electrons. The summed E-state index contributed by atoms with van der Waals surface area (Å²) in [5.74, 6) is 0.764. The zero-order chi connectivity index (χ0) is 28.8. The number of aliphatic hydroxyl groups is 1. The van der Waals surface area contributed by atoms with Crippen LogP contribution in [-0.2, 0) is 26.7 Å². The molecule has 0 fully saturated rings. The number of nitrogens with one attached hydrogen (secondary N) is 1. The quantitative estimate of drug-likeness (QED) is 0.314. The lowest BCUT2D eigenvalue weighted by atomic mass is 9.90. The average molecular weight is 546 g/mol. The molecule has 9 heteroatoms. The minimum atomic E-state index is -1.12. The molecule has 7 rings (SSSR count). The van der Waals surface area contributed by atoms with Crippen LogP contribution in [0.5, 0.6) is 0 Å². The molecule has 0 unspecified atom stereocenters. The maximum Gasteiger partial charge on any atom is 0.328 e. The smallest absolute Gasteiger partial charge is 0.328 e. The summed E-state index contributed by atoms with van der Waals surface area (Å²) in [6, 6.07) is 16.4. The van der Waals surface area contributed by atoms with Gasteiger partial charge in [0.2, 0.25) is 0 Å². The van der Waals surface area contributed by atoms with Crippen LogP contribution in [0.4, 0.5) is 0 Å². The first kappa shape index (κ1) is 25.1. The molecule has 4 aromatic heterocycles. The first-order valence-corrected chi connectivity index (χ1v) is 13.5. The van der Waals surface area contributed by atoms with Gasteiger partial charge in [0.1, 0.15) is 5.82 Å². The van der Waals surface area contributed by atoms with Gasteiger partial charge in [-0.2, -0.15) is 5.10 Å². The third kappa shape index (κ3) is 3.76. The average Bonchev–Trinajstić information content (AvgIpc) is 3.69. The number of aromatic amines is 1. The molecule has 2 N–H and O–H groups in total. The Morgan fingerprint density at radius 1 is 0.902 bits per heavy atom. The van der Waals surface area contributed by atoms with E-state index in [1.54, 1.807) is 48.0 Å². The van der Waals surface area contributed by atoms with Crippen LogP contribution in [0, 0.1) is 6.92 Å². The Morgan fingerprint density at radius 2 is 1.68 bits per heavy atom. The van der Waals surface area contributed by atoms with Gasteiger partial charge in [0.05, 0.1) is 33.9 Å². The molecular formula is C32H31N7O2. The topological polar surface area (TPSA) is 98.6 Å². The van der Waals surface area contributed by atoms with Crippen LogP contribution in [0.2, 0.25) is 0 Å². The number of aromatic nitrogens is 7. The second-order valence-electron chi connectivity index (χ2n) is 11.4. The molecule has 0 bridgehead atoms. The van der Waals surface area contributed by atoms with Crippen molar-refractivity contribution in [3.05, 3.63) is 88.7 Å². The second-order valence-corrected chi connectivity index (χ2v) is 11.4. The number of aryl methyl sites for hydroxylation is 4. The van der Waals surface area contributed by atoms with E-state index in [9.17, 15) is 9.90 Å². The highest BCUT2D eigenvalue weighted by atomic mass is 16.3. The summed E-state index contributed by atoms with van der Waals surface area (Å²) in [5, 5.41) is 16.8. The number of hydrogen-bond acceptors (Lipinski definition) is 4. The van der Waals surface area contributed by atoms with Crippen LogP contribution in [0.15, 0.2) is 71.9 Å². The predicted octanol–water partition coefficient (Wildman–Crippen LogP) is 5.30. The Balaban J connectivity index is 1.60. The third-order valence-corrected chi connectivity index (χ3v) is 8.06. The van der Waals surface area contributed by atoms with E-state index >= 15 is 0 Å². The molecule has 9 nitrogen and oxygen atoms in total. The highest BCUT2D eigenvalue weighted by Gasteiger charge is 2.26. The number of imidazole rings is 2. The van der Waals surface area contributed by atoms with E-state index in [1.165, 1.54) is 5.56 Å². The van der Waals surface area contributed by atoms with Gasteiger partial charge in [-0.3, -0.25) is 18.4 Å². The Hall–Kier alpha value is -4.89. The van der Waals surface area contributed by atoms with Crippen LogP contribution in [0.1, 0.15) is 25.0 Å². The van der Waals surface area contributed by atoms with E-state index < -0.39 is 5.60 Å². The van der Waals surface area contributed by atoms with Crippen molar-refractivity contribution in [2.75, 3.05) is 0 Å². The van der Waals surface area contributed by atoms with Crippen molar-refractivity contribution >= 4 is 33.0 Å². The van der Waals surface area contributed by atoms with Crippen LogP contribution in [0.25, 0.3) is 61.2 Å². The molecule has 41 heavy (non-hydrogen) atoms. The molecule has 4 heterocycles. The summed E-state index contributed by atoms with van der Waals surface area (Å²) in [6.07, 6.45) is 5.75. The Morgan fingerprint density at radius 3 is 2.41 bits per heavy atom. The van der Waals surface area contributed by atoms with Gasteiger partial charge in [0.25, 0.3) is 0 Å². The fourth-order valence-electron chi connectivity index (χ4n) is 5.93. The predicted molar refractivity (Wildman–Crippen MR) is 162 cm³/mol. The maximum atomic E-state index is 12.7. The van der Waals surface area contributed by atoms with E-state index in [2.05, 4.69) is 39.8 Å². The summed E-state index contributed by atoms with van der Waals surface area (Å²) in [5.41, 5.74) is 8.72. The maximum absolute atomic E-state index is 12.7. The minimum absolute atomic E-state index is 0.0784. The van der Waals surface area contributed by atoms with E-state index in [-0.39, 0.29) is 5.69 Å². The molecule has 0 amide bonds. The minimum Gasteiger partial charge on any atom is -0.386 e. The summed E-state index contributed by atoms with van der Waals surface area (Å²) in [7, 11) is 5.45. The number of nitrogens with zero attached hydrogens (tertiary/aromatic N) is 6. The number of benzene rings is 3. The highest BCUT2D eigenvalue weighted by molar-refractivity contribution is 5.98. The van der Waals surface area contributed by atoms with E-state index in [0.717, 1.165) is 66.7 Å². The van der Waals surface area contributed by atoms with Gasteiger partial charge in [-0.05, 0) is 73.9 Å². The zero-order valence-corrected chi connectivity index (χ0v) is 23.9. The van der Waals surface area contributed by atoms with Crippen molar-refractivity contribution in [3.8, 4) is 28.2 Å². The second kappa shape index (κ2) is 8.55. The summed E-state index contributed by atoms with van der Waals surface area (Å²) >= 11 is 0. The van der Waals surface area contributed by atoms with Gasteiger partial charge in [-0.1, -0.05) is 12.1 Å². The fraction of sp³-hybridized carbons (Fsp3) is 0.219. The molecule has 0 spiro atoms. The zero-order valence-electron chi connectivity index (χ0n) is 23.9. The largest absolute Gasteiger partial charge is 0.386 e. The van der Waals surface area contributed by atoms with Gasteiger partial charge in [0, 0.05) is 61.3 Å². The number of H-pyrrole nitrogens is 1. The molecule has 0 saturated carbocycles. The van der Waals surface area contributed by atoms with Crippen LogP contribution in [0.3, 0.4) is 0 Å².